The summed E-state index contributed by atoms with van der Waals surface area (Å²) in [6, 6.07) is 0. The number of quaternary nitrogens is 1. The standard InChI is InChI=1S/C6H11NO2.CH3/c1-5(2)6(8)9-4-3-7;/h1,3-4,7H2,2H3;1H3/q;-1/p+1. The van der Waals surface area contributed by atoms with Gasteiger partial charge in [-0.15, -0.1) is 0 Å². The molecular formula is C7H15NO2. The van der Waals surface area contributed by atoms with Gasteiger partial charge < -0.3 is 17.9 Å². The second-order valence-electron chi connectivity index (χ2n) is 1.77. The highest BCUT2D eigenvalue weighted by Gasteiger charge is 2.00. The van der Waals surface area contributed by atoms with Crippen LogP contribution in [0.5, 0.6) is 0 Å². The molecule has 0 rings (SSSR count). The molecule has 3 nitrogen and oxygen atoms in total. The van der Waals surface area contributed by atoms with Gasteiger partial charge in [0.15, 0.2) is 0 Å². The van der Waals surface area contributed by atoms with Crippen LogP contribution in [0.2, 0.25) is 0 Å². The van der Waals surface area contributed by atoms with Crippen molar-refractivity contribution in [2.45, 2.75) is 6.92 Å². The number of carbonyl (C=O) groups excluding carboxylic acids is 1. The highest BCUT2D eigenvalue weighted by molar-refractivity contribution is 5.86. The topological polar surface area (TPSA) is 53.9 Å². The molecule has 10 heavy (non-hydrogen) atoms. The first kappa shape index (κ1) is 11.9. The molecule has 0 saturated heterocycles. The van der Waals surface area contributed by atoms with Gasteiger partial charge in [-0.25, -0.2) is 4.79 Å². The lowest BCUT2D eigenvalue weighted by Crippen LogP contribution is -2.52. The normalized spacial score (nSPS) is 7.80. The summed E-state index contributed by atoms with van der Waals surface area (Å²) in [4.78, 5) is 10.6. The molecule has 0 radical (unpaired) electrons. The van der Waals surface area contributed by atoms with Gasteiger partial charge in [0.25, 0.3) is 0 Å². The van der Waals surface area contributed by atoms with Gasteiger partial charge in [-0.2, -0.15) is 0 Å². The molecule has 0 atom stereocenters. The maximum atomic E-state index is 10.6. The molecule has 3 N–H and O–H groups in total. The third-order valence-corrected chi connectivity index (χ3v) is 0.726. The van der Waals surface area contributed by atoms with Crippen molar-refractivity contribution in [2.75, 3.05) is 13.2 Å². The van der Waals surface area contributed by atoms with Crippen LogP contribution in [0, 0.1) is 7.43 Å². The maximum absolute atomic E-state index is 10.6. The third-order valence-electron chi connectivity index (χ3n) is 0.726. The van der Waals surface area contributed by atoms with E-state index in [-0.39, 0.29) is 13.4 Å². The Hall–Kier alpha value is -0.830. The molecule has 0 aliphatic heterocycles. The smallest absolute Gasteiger partial charge is 0.333 e. The summed E-state index contributed by atoms with van der Waals surface area (Å²) >= 11 is 0. The second kappa shape index (κ2) is 6.29. The highest BCUT2D eigenvalue weighted by Crippen LogP contribution is 1.89. The first-order chi connectivity index (χ1) is 4.18. The Morgan fingerprint density at radius 3 is 2.50 bits per heavy atom. The summed E-state index contributed by atoms with van der Waals surface area (Å²) < 4.78 is 4.65. The average Bonchev–Trinajstić information content (AvgIpc) is 1.82. The van der Waals surface area contributed by atoms with Crippen LogP contribution in [0.4, 0.5) is 0 Å². The molecular weight excluding hydrogens is 130 g/mol. The fourth-order valence-electron chi connectivity index (χ4n) is 0.288. The van der Waals surface area contributed by atoms with Crippen molar-refractivity contribution < 1.29 is 15.3 Å². The quantitative estimate of drug-likeness (QED) is 0.339. The highest BCUT2D eigenvalue weighted by atomic mass is 16.5. The van der Waals surface area contributed by atoms with Crippen LogP contribution >= 0.6 is 0 Å². The summed E-state index contributed by atoms with van der Waals surface area (Å²) in [5, 5.41) is 0. The molecule has 60 valence electrons. The molecule has 0 aliphatic rings. The Balaban J connectivity index is 0. The molecule has 0 amide bonds. The van der Waals surface area contributed by atoms with Crippen LogP contribution in [-0.2, 0) is 9.53 Å². The van der Waals surface area contributed by atoms with E-state index in [0.717, 1.165) is 0 Å². The van der Waals surface area contributed by atoms with Crippen molar-refractivity contribution in [1.82, 2.24) is 0 Å². The second-order valence-corrected chi connectivity index (χ2v) is 1.77. The zero-order valence-corrected chi connectivity index (χ0v) is 6.64. The summed E-state index contributed by atoms with van der Waals surface area (Å²) in [6.07, 6.45) is 0. The van der Waals surface area contributed by atoms with Crippen molar-refractivity contribution >= 4 is 5.97 Å². The third kappa shape index (κ3) is 5.31. The van der Waals surface area contributed by atoms with Gasteiger partial charge in [0.2, 0.25) is 0 Å². The number of carbonyl (C=O) groups is 1. The van der Waals surface area contributed by atoms with Crippen LogP contribution in [-0.4, -0.2) is 19.1 Å². The zero-order valence-electron chi connectivity index (χ0n) is 6.64. The molecule has 0 saturated carbocycles. The Kier molecular flexibility index (Phi) is 7.49. The van der Waals surface area contributed by atoms with Crippen LogP contribution in [0.1, 0.15) is 6.92 Å². The van der Waals surface area contributed by atoms with Crippen LogP contribution in [0.15, 0.2) is 12.2 Å². The number of hydrogen-bond acceptors (Lipinski definition) is 2. The van der Waals surface area contributed by atoms with E-state index in [2.05, 4.69) is 17.0 Å². The minimum atomic E-state index is -0.335. The SMILES string of the molecule is C=C(C)C(=O)OCC[NH3+].[CH3-]. The lowest BCUT2D eigenvalue weighted by molar-refractivity contribution is -0.372. The zero-order chi connectivity index (χ0) is 7.28. The molecule has 0 aromatic rings. The number of ether oxygens (including phenoxy) is 1. The molecule has 0 heterocycles. The molecule has 0 aliphatic carbocycles. The Labute approximate surface area is 61.9 Å². The minimum absolute atomic E-state index is 0. The molecule has 0 bridgehead atoms. The minimum Gasteiger partial charge on any atom is -0.456 e. The van der Waals surface area contributed by atoms with Gasteiger partial charge in [0.1, 0.15) is 13.2 Å². The van der Waals surface area contributed by atoms with E-state index in [1.807, 2.05) is 0 Å². The van der Waals surface area contributed by atoms with E-state index in [0.29, 0.717) is 18.7 Å². The van der Waals surface area contributed by atoms with Crippen LogP contribution < -0.4 is 5.73 Å². The fraction of sp³-hybridized carbons (Fsp3) is 0.429. The molecule has 0 spiro atoms. The van der Waals surface area contributed by atoms with E-state index >= 15 is 0 Å². The van der Waals surface area contributed by atoms with Crippen LogP contribution in [0.25, 0.3) is 0 Å². The van der Waals surface area contributed by atoms with Crippen molar-refractivity contribution in [1.29, 1.82) is 0 Å². The summed E-state index contributed by atoms with van der Waals surface area (Å²) in [7, 11) is 0. The predicted molar refractivity (Wildman–Crippen MR) is 39.9 cm³/mol. The van der Waals surface area contributed by atoms with Gasteiger partial charge in [-0.05, 0) is 6.92 Å². The van der Waals surface area contributed by atoms with E-state index in [4.69, 9.17) is 0 Å². The maximum Gasteiger partial charge on any atom is 0.333 e. The molecule has 0 aromatic carbocycles. The van der Waals surface area contributed by atoms with E-state index in [1.54, 1.807) is 6.92 Å². The first-order valence-corrected chi connectivity index (χ1v) is 2.80. The average molecular weight is 145 g/mol. The fourth-order valence-corrected chi connectivity index (χ4v) is 0.288. The monoisotopic (exact) mass is 145 g/mol. The first-order valence-electron chi connectivity index (χ1n) is 2.80. The molecule has 0 fully saturated rings. The molecule has 3 heteroatoms. The molecule has 0 unspecified atom stereocenters. The predicted octanol–water partition coefficient (Wildman–Crippen LogP) is -0.202. The van der Waals surface area contributed by atoms with Gasteiger partial charge in [0.05, 0.1) is 0 Å². The summed E-state index contributed by atoms with van der Waals surface area (Å²) in [5.74, 6) is -0.335. The van der Waals surface area contributed by atoms with Gasteiger partial charge in [-0.3, -0.25) is 0 Å². The summed E-state index contributed by atoms with van der Waals surface area (Å²) in [6.45, 7) is 6.02. The van der Waals surface area contributed by atoms with Crippen LogP contribution in [0.3, 0.4) is 0 Å². The Morgan fingerprint density at radius 1 is 1.70 bits per heavy atom. The Morgan fingerprint density at radius 2 is 2.20 bits per heavy atom. The van der Waals surface area contributed by atoms with Gasteiger partial charge in [0, 0.05) is 5.57 Å². The van der Waals surface area contributed by atoms with Crippen molar-refractivity contribution in [2.24, 2.45) is 0 Å². The van der Waals surface area contributed by atoms with Crippen molar-refractivity contribution in [3.8, 4) is 0 Å². The Bertz CT molecular complexity index is 121. The van der Waals surface area contributed by atoms with E-state index < -0.39 is 0 Å². The van der Waals surface area contributed by atoms with E-state index in [9.17, 15) is 4.79 Å². The lowest BCUT2D eigenvalue weighted by Gasteiger charge is -1.98. The lowest BCUT2D eigenvalue weighted by atomic mass is 10.4. The number of rotatable bonds is 3. The number of hydrogen-bond donors (Lipinski definition) is 1. The number of esters is 1. The van der Waals surface area contributed by atoms with E-state index in [1.165, 1.54) is 0 Å². The van der Waals surface area contributed by atoms with Gasteiger partial charge in [-0.1, -0.05) is 6.58 Å². The van der Waals surface area contributed by atoms with Gasteiger partial charge >= 0.3 is 5.97 Å². The van der Waals surface area contributed by atoms with Crippen molar-refractivity contribution in [3.63, 3.8) is 0 Å². The largest absolute Gasteiger partial charge is 0.456 e. The molecule has 0 aromatic heterocycles. The van der Waals surface area contributed by atoms with Crippen molar-refractivity contribution in [3.05, 3.63) is 19.6 Å². The summed E-state index contributed by atoms with van der Waals surface area (Å²) in [5.41, 5.74) is 3.94.